The maximum absolute atomic E-state index is 13.5. The first-order valence-corrected chi connectivity index (χ1v) is 17.6. The van der Waals surface area contributed by atoms with E-state index in [0.717, 1.165) is 0 Å². The van der Waals surface area contributed by atoms with Crippen LogP contribution in [0.3, 0.4) is 0 Å². The SMILES string of the molecule is CC[C@H]1OC(=O)[C@H](C)[C@@H](O)[C@H](C)[C@@H](O[C@@H]2O[C@H](C)C[C@H](N(C)C)[C@H]2OC(C)=O)[C@](C)(O)C[C@@H](C)/C(=N\OCOCCOC)[C@H](C)[C@@H](O)[C@]1(C)O. The summed E-state index contributed by atoms with van der Waals surface area (Å²) < 4.78 is 34.7. The van der Waals surface area contributed by atoms with E-state index >= 15 is 0 Å². The molecule has 0 amide bonds. The summed E-state index contributed by atoms with van der Waals surface area (Å²) in [5, 5.41) is 51.5. The molecule has 0 spiro atoms. The third kappa shape index (κ3) is 11.3. The predicted molar refractivity (Wildman–Crippen MR) is 183 cm³/mol. The number of carbonyl (C=O) groups excluding carboxylic acids is 2. The summed E-state index contributed by atoms with van der Waals surface area (Å²) in [7, 11) is 5.26. The predicted octanol–water partition coefficient (Wildman–Crippen LogP) is 1.86. The molecule has 15 heteroatoms. The summed E-state index contributed by atoms with van der Waals surface area (Å²) in [6.45, 7) is 14.8. The van der Waals surface area contributed by atoms with Crippen molar-refractivity contribution in [2.24, 2.45) is 28.8 Å². The number of cyclic esters (lactones) is 1. The van der Waals surface area contributed by atoms with Gasteiger partial charge < -0.3 is 58.6 Å². The minimum atomic E-state index is -1.93. The lowest BCUT2D eigenvalue weighted by Crippen LogP contribution is -2.60. The van der Waals surface area contributed by atoms with Crippen LogP contribution in [-0.4, -0.2) is 144 Å². The third-order valence-electron chi connectivity index (χ3n) is 10.1. The molecule has 50 heavy (non-hydrogen) atoms. The van der Waals surface area contributed by atoms with Gasteiger partial charge in [-0.25, -0.2) is 0 Å². The van der Waals surface area contributed by atoms with Crippen molar-refractivity contribution < 1.29 is 63.3 Å². The average Bonchev–Trinajstić information content (AvgIpc) is 3.03. The maximum atomic E-state index is 13.5. The molecule has 0 bridgehead atoms. The normalized spacial score (nSPS) is 41.8. The maximum Gasteiger partial charge on any atom is 0.311 e. The molecule has 0 unspecified atom stereocenters. The fraction of sp³-hybridized carbons (Fsp3) is 0.914. The second-order valence-electron chi connectivity index (χ2n) is 14.8. The lowest BCUT2D eigenvalue weighted by molar-refractivity contribution is -0.301. The third-order valence-corrected chi connectivity index (χ3v) is 10.1. The summed E-state index contributed by atoms with van der Waals surface area (Å²) in [5.41, 5.74) is -3.39. The van der Waals surface area contributed by atoms with Crippen LogP contribution in [0.2, 0.25) is 0 Å². The first-order chi connectivity index (χ1) is 23.2. The number of methoxy groups -OCH3 is 1. The second kappa shape index (κ2) is 19.2. The standard InChI is InChI=1S/C35H64N2O13/c1-13-26-35(9,43)30(40)21(4)27(36-46-18-45-15-14-44-12)19(2)17-34(8,42)31(22(5)28(39)23(6)32(41)49-26)50-33-29(48-24(7)38)25(37(10)11)16-20(3)47-33/h19-23,25-26,28-31,33,39-40,42-43H,13-18H2,1-12H3/b36-27+/t19-,20-,21+,22+,23-,25+,26-,28+,29-,30-,31-,33+,34-,35-/m1/s1. The number of oxime groups is 1. The smallest absolute Gasteiger partial charge is 0.311 e. The number of ether oxygens (including phenoxy) is 6. The molecule has 2 aliphatic heterocycles. The van der Waals surface area contributed by atoms with Crippen LogP contribution in [-0.2, 0) is 42.8 Å². The van der Waals surface area contributed by atoms with Gasteiger partial charge in [-0.2, -0.15) is 0 Å². The highest BCUT2D eigenvalue weighted by molar-refractivity contribution is 5.88. The molecule has 2 heterocycles. The lowest BCUT2D eigenvalue weighted by atomic mass is 9.73. The number of hydrogen-bond acceptors (Lipinski definition) is 15. The van der Waals surface area contributed by atoms with Gasteiger partial charge >= 0.3 is 11.9 Å². The number of likely N-dealkylation sites (N-methyl/N-ethyl adjacent to an activating group) is 1. The van der Waals surface area contributed by atoms with Crippen molar-refractivity contribution in [3.05, 3.63) is 0 Å². The molecule has 292 valence electrons. The Labute approximate surface area is 297 Å². The Morgan fingerprint density at radius 1 is 1.06 bits per heavy atom. The van der Waals surface area contributed by atoms with Gasteiger partial charge in [-0.3, -0.25) is 9.59 Å². The molecule has 0 aromatic heterocycles. The number of rotatable bonds is 11. The summed E-state index contributed by atoms with van der Waals surface area (Å²) >= 11 is 0. The quantitative estimate of drug-likeness (QED) is 0.105. The molecular formula is C35H64N2O13. The molecule has 0 saturated carbocycles. The fourth-order valence-electron chi connectivity index (χ4n) is 7.24. The van der Waals surface area contributed by atoms with E-state index in [2.05, 4.69) is 5.16 Å². The highest BCUT2D eigenvalue weighted by Gasteiger charge is 2.51. The van der Waals surface area contributed by atoms with Crippen LogP contribution in [0.25, 0.3) is 0 Å². The molecule has 0 radical (unpaired) electrons. The van der Waals surface area contributed by atoms with Crippen LogP contribution in [0.5, 0.6) is 0 Å². The topological polar surface area (TPSA) is 195 Å². The van der Waals surface area contributed by atoms with E-state index in [-0.39, 0.29) is 38.4 Å². The van der Waals surface area contributed by atoms with E-state index in [1.54, 1.807) is 41.7 Å². The minimum absolute atomic E-state index is 0.0334. The summed E-state index contributed by atoms with van der Waals surface area (Å²) in [6, 6.07) is -0.285. The van der Waals surface area contributed by atoms with Crippen molar-refractivity contribution in [3.8, 4) is 0 Å². The van der Waals surface area contributed by atoms with Gasteiger partial charge in [-0.1, -0.05) is 32.9 Å². The monoisotopic (exact) mass is 720 g/mol. The van der Waals surface area contributed by atoms with E-state index in [1.165, 1.54) is 20.8 Å². The van der Waals surface area contributed by atoms with Crippen molar-refractivity contribution in [1.82, 2.24) is 4.90 Å². The Morgan fingerprint density at radius 2 is 1.70 bits per heavy atom. The van der Waals surface area contributed by atoms with Crippen LogP contribution in [0, 0.1) is 23.7 Å². The van der Waals surface area contributed by atoms with Gasteiger partial charge in [-0.05, 0) is 61.1 Å². The van der Waals surface area contributed by atoms with Gasteiger partial charge in [0.1, 0.15) is 11.7 Å². The molecule has 15 nitrogen and oxygen atoms in total. The second-order valence-corrected chi connectivity index (χ2v) is 14.8. The highest BCUT2D eigenvalue weighted by Crippen LogP contribution is 2.38. The van der Waals surface area contributed by atoms with Gasteiger partial charge in [0.05, 0.1) is 60.9 Å². The Hall–Kier alpha value is -1.95. The van der Waals surface area contributed by atoms with E-state index in [1.807, 2.05) is 25.9 Å². The van der Waals surface area contributed by atoms with Crippen molar-refractivity contribution in [2.45, 2.75) is 142 Å². The van der Waals surface area contributed by atoms with Crippen LogP contribution in [0.1, 0.15) is 81.6 Å². The Bertz CT molecular complexity index is 1100. The first kappa shape index (κ1) is 44.2. The van der Waals surface area contributed by atoms with Gasteiger partial charge in [0.25, 0.3) is 0 Å². The molecule has 2 saturated heterocycles. The molecule has 2 fully saturated rings. The van der Waals surface area contributed by atoms with Crippen molar-refractivity contribution in [3.63, 3.8) is 0 Å². The minimum Gasteiger partial charge on any atom is -0.459 e. The molecular weight excluding hydrogens is 656 g/mol. The largest absolute Gasteiger partial charge is 0.459 e. The number of nitrogens with zero attached hydrogens (tertiary/aromatic N) is 2. The molecule has 0 aromatic rings. The zero-order valence-electron chi connectivity index (χ0n) is 32.0. The average molecular weight is 721 g/mol. The zero-order valence-corrected chi connectivity index (χ0v) is 32.0. The van der Waals surface area contributed by atoms with Gasteiger partial charge in [0.2, 0.25) is 6.79 Å². The number of aliphatic hydroxyl groups is 4. The van der Waals surface area contributed by atoms with Gasteiger partial charge in [-0.15, -0.1) is 0 Å². The number of hydrogen-bond donors (Lipinski definition) is 4. The molecule has 4 N–H and O–H groups in total. The van der Waals surface area contributed by atoms with Gasteiger partial charge in [0, 0.05) is 31.8 Å². The van der Waals surface area contributed by atoms with E-state index < -0.39 is 83.6 Å². The van der Waals surface area contributed by atoms with Crippen LogP contribution in [0.4, 0.5) is 0 Å². The molecule has 0 aromatic carbocycles. The van der Waals surface area contributed by atoms with Crippen LogP contribution in [0.15, 0.2) is 5.16 Å². The van der Waals surface area contributed by atoms with Crippen molar-refractivity contribution in [2.75, 3.05) is 41.2 Å². The Kier molecular flexibility index (Phi) is 17.0. The highest BCUT2D eigenvalue weighted by atomic mass is 16.7. The first-order valence-electron chi connectivity index (χ1n) is 17.6. The van der Waals surface area contributed by atoms with Crippen molar-refractivity contribution in [1.29, 1.82) is 0 Å². The number of esters is 2. The molecule has 2 rings (SSSR count). The van der Waals surface area contributed by atoms with Gasteiger partial charge in [0.15, 0.2) is 12.4 Å². The van der Waals surface area contributed by atoms with E-state index in [0.29, 0.717) is 18.7 Å². The lowest BCUT2D eigenvalue weighted by Gasteiger charge is -2.47. The number of aliphatic hydroxyl groups excluding tert-OH is 2. The molecule has 0 aliphatic carbocycles. The van der Waals surface area contributed by atoms with E-state index in [4.69, 9.17) is 33.3 Å². The van der Waals surface area contributed by atoms with Crippen molar-refractivity contribution >= 4 is 17.7 Å². The molecule has 14 atom stereocenters. The van der Waals surface area contributed by atoms with Crippen LogP contribution >= 0.6 is 0 Å². The fourth-order valence-corrected chi connectivity index (χ4v) is 7.24. The number of carbonyl (C=O) groups is 2. The van der Waals surface area contributed by atoms with E-state index in [9.17, 15) is 30.0 Å². The Morgan fingerprint density at radius 3 is 2.26 bits per heavy atom. The summed E-state index contributed by atoms with van der Waals surface area (Å²) in [6.07, 6.45) is -6.89. The summed E-state index contributed by atoms with van der Waals surface area (Å²) in [5.74, 6) is -4.84. The zero-order chi connectivity index (χ0) is 38.1. The Balaban J connectivity index is 2.68. The molecule has 2 aliphatic rings. The summed E-state index contributed by atoms with van der Waals surface area (Å²) in [4.78, 5) is 33.2. The van der Waals surface area contributed by atoms with Crippen LogP contribution < -0.4 is 0 Å².